The maximum absolute atomic E-state index is 13.3. The van der Waals surface area contributed by atoms with Gasteiger partial charge < -0.3 is 49.7 Å². The van der Waals surface area contributed by atoms with Gasteiger partial charge in [-0.25, -0.2) is 4.79 Å². The molecule has 7 rings (SSSR count). The van der Waals surface area contributed by atoms with Gasteiger partial charge in [0.25, 0.3) is 0 Å². The summed E-state index contributed by atoms with van der Waals surface area (Å²) in [4.78, 5) is 49.5. The summed E-state index contributed by atoms with van der Waals surface area (Å²) < 4.78 is 44.3. The predicted octanol–water partition coefficient (Wildman–Crippen LogP) is 6.83. The second kappa shape index (κ2) is 22.8. The van der Waals surface area contributed by atoms with Crippen LogP contribution in [0.25, 0.3) is 22.0 Å². The molecule has 0 aliphatic carbocycles. The quantitative estimate of drug-likeness (QED) is 0.0559. The average molecular weight is 924 g/mol. The Morgan fingerprint density at radius 2 is 1.52 bits per heavy atom. The summed E-state index contributed by atoms with van der Waals surface area (Å²) in [7, 11) is 2.23. The van der Waals surface area contributed by atoms with Crippen molar-refractivity contribution >= 4 is 40.2 Å². The largest absolute Gasteiger partial charge is 0.542 e. The Labute approximate surface area is 384 Å². The molecule has 2 heterocycles. The zero-order valence-electron chi connectivity index (χ0n) is 36.7. The lowest BCUT2D eigenvalue weighted by molar-refractivity contribution is -0.915. The molecule has 1 aliphatic rings. The number of pyridine rings is 1. The minimum atomic E-state index is -5.19. The Bertz CT molecular complexity index is 2660. The number of aryl methyl sites for hydroxylation is 1. The van der Waals surface area contributed by atoms with E-state index < -0.39 is 24.3 Å². The van der Waals surface area contributed by atoms with Gasteiger partial charge in [0.15, 0.2) is 0 Å². The second-order valence-electron chi connectivity index (χ2n) is 16.4. The fraction of sp³-hybridized carbons (Fsp3) is 0.280. The molecule has 1 aromatic heterocycles. The molecule has 17 heteroatoms. The number of aliphatic hydroxyl groups excluding tert-OH is 1. The van der Waals surface area contributed by atoms with Crippen molar-refractivity contribution < 1.29 is 56.8 Å². The average Bonchev–Trinajstić information content (AvgIpc) is 3.30. The van der Waals surface area contributed by atoms with Crippen LogP contribution in [0.2, 0.25) is 0 Å². The number of hydrogen-bond acceptors (Lipinski definition) is 10. The van der Waals surface area contributed by atoms with E-state index in [0.29, 0.717) is 41.9 Å². The lowest BCUT2D eigenvalue weighted by Crippen LogP contribution is -2.53. The molecule has 6 aromatic rings. The van der Waals surface area contributed by atoms with Crippen LogP contribution in [0, 0.1) is 0 Å². The molecule has 1 atom stereocenters. The van der Waals surface area contributed by atoms with Crippen molar-refractivity contribution in [3.8, 4) is 22.6 Å². The Kier molecular flexibility index (Phi) is 16.8. The van der Waals surface area contributed by atoms with Crippen LogP contribution in [0.4, 0.5) is 29.3 Å². The van der Waals surface area contributed by atoms with Crippen molar-refractivity contribution in [1.29, 1.82) is 0 Å². The number of carboxylic acid groups (broad SMARTS) is 1. The molecule has 67 heavy (non-hydrogen) atoms. The third-order valence-electron chi connectivity index (χ3n) is 11.3. The lowest BCUT2D eigenvalue weighted by Gasteiger charge is -2.40. The van der Waals surface area contributed by atoms with Crippen LogP contribution in [0.15, 0.2) is 132 Å². The molecular formula is C50H52F3N5O9. The topological polar surface area (TPSA) is 202 Å². The molecule has 14 nitrogen and oxygen atoms in total. The summed E-state index contributed by atoms with van der Waals surface area (Å²) in [6.45, 7) is 4.01. The number of likely N-dealkylation sites (N-methyl/N-ethyl adjacent to an activating group) is 1. The highest BCUT2D eigenvalue weighted by atomic mass is 19.4. The molecule has 0 unspecified atom stereocenters. The number of para-hydroxylation sites is 1. The van der Waals surface area contributed by atoms with Crippen LogP contribution in [-0.4, -0.2) is 89.8 Å². The fourth-order valence-electron chi connectivity index (χ4n) is 7.62. The maximum atomic E-state index is 13.3. The van der Waals surface area contributed by atoms with Gasteiger partial charge in [-0.1, -0.05) is 78.9 Å². The van der Waals surface area contributed by atoms with E-state index in [0.717, 1.165) is 65.0 Å². The van der Waals surface area contributed by atoms with Gasteiger partial charge in [0.05, 0.1) is 37.4 Å². The number of phenolic OH excluding ortho intramolecular Hbond substituents is 1. The maximum Gasteiger partial charge on any atom is 0.430 e. The number of piperidine rings is 1. The number of likely N-dealkylation sites (tertiary alicyclic amines) is 1. The van der Waals surface area contributed by atoms with E-state index in [1.54, 1.807) is 12.1 Å². The van der Waals surface area contributed by atoms with Gasteiger partial charge in [-0.3, -0.25) is 14.9 Å². The van der Waals surface area contributed by atoms with E-state index >= 15 is 0 Å². The number of alkyl halides is 3. The number of aromatic hydroxyl groups is 1. The summed E-state index contributed by atoms with van der Waals surface area (Å²) in [5, 5.41) is 39.6. The van der Waals surface area contributed by atoms with Gasteiger partial charge in [0.1, 0.15) is 36.7 Å². The van der Waals surface area contributed by atoms with Gasteiger partial charge in [-0.2, -0.15) is 13.2 Å². The van der Waals surface area contributed by atoms with Crippen molar-refractivity contribution in [2.45, 2.75) is 50.6 Å². The highest BCUT2D eigenvalue weighted by Crippen LogP contribution is 2.31. The number of halogens is 3. The summed E-state index contributed by atoms with van der Waals surface area (Å²) >= 11 is 0. The molecular weight excluding hydrogens is 872 g/mol. The number of H-pyrrole nitrogens is 1. The second-order valence-corrected chi connectivity index (χ2v) is 16.4. The molecule has 1 aliphatic heterocycles. The van der Waals surface area contributed by atoms with Crippen LogP contribution in [0.3, 0.4) is 0 Å². The lowest BCUT2D eigenvalue weighted by atomic mass is 9.99. The minimum absolute atomic E-state index is 0.0583. The standard InChI is InChI=1S/C48H51N5O7.C2HF3O2/c1-53(28-29-59-37-10-6-3-7-11-37)26-24-38(25-27-53)60-48(58)51-42-30-33(14-18-39(42)35-8-4-2-5-9-35)15-22-45(56)50-36-16-12-34(13-17-36)31-49-32-44(55)40-19-21-43(54)47-41(40)20-23-46(57)52-47;3-2(4,5)1(6)7/h2-14,16-21,23,30,38,44,49,55H,15,22,24-29,31-32H2,1H3,(H3-,50,51,52,54,56,57,58);(H,6,7)/t38?,44-,53?;/m0./s1. The first-order valence-electron chi connectivity index (χ1n) is 21.6. The number of carboxylic acids is 1. The van der Waals surface area contributed by atoms with Crippen molar-refractivity contribution in [2.75, 3.05) is 50.5 Å². The molecule has 0 bridgehead atoms. The number of aromatic nitrogens is 1. The van der Waals surface area contributed by atoms with Gasteiger partial charge in [-0.15, -0.1) is 0 Å². The third kappa shape index (κ3) is 14.6. The molecule has 1 saturated heterocycles. The van der Waals surface area contributed by atoms with E-state index in [4.69, 9.17) is 19.4 Å². The first-order chi connectivity index (χ1) is 32.0. The molecule has 2 amide bonds. The number of fused-ring (bicyclic) bond motifs is 1. The molecule has 0 spiro atoms. The minimum Gasteiger partial charge on any atom is -0.542 e. The van der Waals surface area contributed by atoms with E-state index in [2.05, 4.69) is 28.0 Å². The summed E-state index contributed by atoms with van der Waals surface area (Å²) in [5.74, 6) is -2.33. The van der Waals surface area contributed by atoms with Crippen LogP contribution < -0.4 is 31.4 Å². The number of anilines is 2. The molecule has 1 fully saturated rings. The monoisotopic (exact) mass is 923 g/mol. The number of benzene rings is 5. The highest BCUT2D eigenvalue weighted by Gasteiger charge is 2.32. The Morgan fingerprint density at radius 1 is 0.866 bits per heavy atom. The number of rotatable bonds is 16. The fourth-order valence-corrected chi connectivity index (χ4v) is 7.62. The van der Waals surface area contributed by atoms with Gasteiger partial charge in [-0.05, 0) is 71.1 Å². The Balaban J connectivity index is 0.000000980. The van der Waals surface area contributed by atoms with E-state index in [1.165, 1.54) is 12.1 Å². The van der Waals surface area contributed by atoms with Gasteiger partial charge >= 0.3 is 12.3 Å². The number of carbonyl (C=O) groups is 3. The number of carbonyl (C=O) groups excluding carboxylic acids is 3. The van der Waals surface area contributed by atoms with E-state index in [9.17, 15) is 37.8 Å². The third-order valence-corrected chi connectivity index (χ3v) is 11.3. The number of nitrogens with zero attached hydrogens (tertiary/aromatic N) is 1. The number of ether oxygens (including phenoxy) is 2. The SMILES string of the molecule is C[N+]1(CCOc2ccccc2)CCC(OC(=O)Nc2cc(CCC(=O)Nc3ccc(CNC[C@H](O)c4ccc(O)c5[nH]c(=O)ccc45)cc3)ccc2-c2ccccc2)CC1.O=C([O-])C(F)(F)F. The predicted molar refractivity (Wildman–Crippen MR) is 245 cm³/mol. The summed E-state index contributed by atoms with van der Waals surface area (Å²) in [5.41, 5.74) is 5.52. The molecule has 352 valence electrons. The van der Waals surface area contributed by atoms with Crippen LogP contribution >= 0.6 is 0 Å². The number of quaternary nitrogens is 1. The zero-order chi connectivity index (χ0) is 48.0. The number of aromatic amines is 1. The van der Waals surface area contributed by atoms with Crippen LogP contribution in [0.5, 0.6) is 11.5 Å². The van der Waals surface area contributed by atoms with Gasteiger partial charge in [0.2, 0.25) is 11.5 Å². The number of amides is 2. The Morgan fingerprint density at radius 3 is 2.19 bits per heavy atom. The first-order valence-corrected chi connectivity index (χ1v) is 21.6. The molecule has 0 radical (unpaired) electrons. The first kappa shape index (κ1) is 49.2. The number of nitrogens with one attached hydrogen (secondary N) is 4. The van der Waals surface area contributed by atoms with Crippen LogP contribution in [-0.2, 0) is 27.3 Å². The van der Waals surface area contributed by atoms with E-state index in [-0.39, 0.29) is 41.8 Å². The van der Waals surface area contributed by atoms with Gasteiger partial charge in [0, 0.05) is 55.1 Å². The smallest absolute Gasteiger partial charge is 0.430 e. The van der Waals surface area contributed by atoms with Crippen molar-refractivity contribution in [3.05, 3.63) is 154 Å². The number of aliphatic hydroxyl groups is 1. The summed E-state index contributed by atoms with van der Waals surface area (Å²) in [6.07, 6.45) is -4.49. The normalized spacial score (nSPS) is 16.2. The molecule has 5 aromatic carbocycles. The summed E-state index contributed by atoms with van der Waals surface area (Å²) in [6, 6.07) is 39.1. The Hall–Kier alpha value is -7.21. The number of hydrogen-bond donors (Lipinski definition) is 6. The van der Waals surface area contributed by atoms with Crippen molar-refractivity contribution in [2.24, 2.45) is 0 Å². The number of phenols is 1. The molecule has 0 saturated carbocycles. The zero-order valence-corrected chi connectivity index (χ0v) is 36.7. The van der Waals surface area contributed by atoms with Crippen molar-refractivity contribution in [3.63, 3.8) is 0 Å². The van der Waals surface area contributed by atoms with E-state index in [1.807, 2.05) is 103 Å². The van der Waals surface area contributed by atoms with Crippen LogP contribution in [0.1, 0.15) is 42.1 Å². The van der Waals surface area contributed by atoms with Crippen molar-refractivity contribution in [1.82, 2.24) is 10.3 Å². The highest BCUT2D eigenvalue weighted by molar-refractivity contribution is 5.93. The molecule has 6 N–H and O–H groups in total. The number of aliphatic carboxylic acids is 1.